The molecule has 0 spiro atoms. The summed E-state index contributed by atoms with van der Waals surface area (Å²) in [6.45, 7) is 21.1. The molecule has 5 amide bonds. The predicted molar refractivity (Wildman–Crippen MR) is 285 cm³/mol. The van der Waals surface area contributed by atoms with Crippen molar-refractivity contribution in [3.8, 4) is 28.0 Å². The highest BCUT2D eigenvalue weighted by atomic mass is 35.5. The lowest BCUT2D eigenvalue weighted by Gasteiger charge is -2.63. The van der Waals surface area contributed by atoms with Crippen LogP contribution in [0.5, 0.6) is 11.5 Å². The van der Waals surface area contributed by atoms with Crippen molar-refractivity contribution in [2.45, 2.75) is 144 Å². The minimum absolute atomic E-state index is 0.0473. The first-order valence-electron chi connectivity index (χ1n) is 25.1. The molecule has 398 valence electrons. The number of likely N-dealkylation sites (tertiary alicyclic amines) is 1. The fourth-order valence-corrected chi connectivity index (χ4v) is 11.0. The summed E-state index contributed by atoms with van der Waals surface area (Å²) in [6.07, 6.45) is 0.0145. The molecule has 2 aliphatic rings. The van der Waals surface area contributed by atoms with Crippen molar-refractivity contribution in [3.05, 3.63) is 99.6 Å². The Labute approximate surface area is 444 Å². The lowest BCUT2D eigenvalue weighted by Crippen LogP contribution is -2.74. The second kappa shape index (κ2) is 23.5. The Bertz CT molecular complexity index is 2670. The van der Waals surface area contributed by atoms with Gasteiger partial charge in [-0.15, -0.1) is 11.3 Å². The smallest absolute Gasteiger partial charge is 0.410 e. The first-order chi connectivity index (χ1) is 34.7. The topological polar surface area (TPSA) is 213 Å². The summed E-state index contributed by atoms with van der Waals surface area (Å²) in [5.41, 5.74) is 3.02. The SMILES string of the molecule is Cc1ncsc1-c1ccc(CNC(=O)C2C[C@@H](O)CN2C(=O)[C@@H](NC(=O)CN(CCCCCOc2ccc(C(=O)NC3C(C)(C)C(Oc4ccc(C#N)c(Cl)c4)C3(C)C)cc2)C(=O)OC(C)(C)C)C(C)(C)C)cc1. The predicted octanol–water partition coefficient (Wildman–Crippen LogP) is 8.85. The summed E-state index contributed by atoms with van der Waals surface area (Å²) in [7, 11) is 0. The first kappa shape index (κ1) is 57.1. The van der Waals surface area contributed by atoms with Gasteiger partial charge in [-0.25, -0.2) is 9.78 Å². The molecule has 1 saturated carbocycles. The Hall–Kier alpha value is -6.22. The molecule has 3 atom stereocenters. The van der Waals surface area contributed by atoms with Gasteiger partial charge < -0.3 is 40.2 Å². The Kier molecular flexibility index (Phi) is 18.2. The normalized spacial score (nSPS) is 19.3. The molecule has 74 heavy (non-hydrogen) atoms. The van der Waals surface area contributed by atoms with E-state index in [1.807, 2.05) is 58.9 Å². The Balaban J connectivity index is 0.975. The lowest BCUT2D eigenvalue weighted by atomic mass is 9.49. The Morgan fingerprint density at radius 3 is 2.20 bits per heavy atom. The summed E-state index contributed by atoms with van der Waals surface area (Å²) in [4.78, 5) is 76.7. The van der Waals surface area contributed by atoms with Crippen LogP contribution < -0.4 is 25.4 Å². The van der Waals surface area contributed by atoms with Crippen molar-refractivity contribution in [1.82, 2.24) is 30.7 Å². The van der Waals surface area contributed by atoms with Crippen molar-refractivity contribution >= 4 is 52.7 Å². The van der Waals surface area contributed by atoms with E-state index in [1.54, 1.807) is 101 Å². The lowest BCUT2D eigenvalue weighted by molar-refractivity contribution is -0.164. The third-order valence-electron chi connectivity index (χ3n) is 13.6. The monoisotopic (exact) mass is 1050 g/mol. The summed E-state index contributed by atoms with van der Waals surface area (Å²) < 4.78 is 18.0. The molecule has 1 aliphatic carbocycles. The molecule has 1 aliphatic heterocycles. The number of β-amino-alcohol motifs (C(OH)–C–C–N with tert-alkyl or cyclic N) is 1. The third kappa shape index (κ3) is 14.1. The molecule has 3 aromatic carbocycles. The zero-order valence-corrected chi connectivity index (χ0v) is 46.0. The van der Waals surface area contributed by atoms with Crippen LogP contribution >= 0.6 is 22.9 Å². The molecule has 1 aromatic heterocycles. The number of hydrogen-bond donors (Lipinski definition) is 4. The number of aliphatic hydroxyl groups is 1. The molecule has 6 rings (SSSR count). The van der Waals surface area contributed by atoms with Crippen molar-refractivity contribution in [2.75, 3.05) is 26.2 Å². The Morgan fingerprint density at radius 2 is 1.61 bits per heavy atom. The molecule has 2 heterocycles. The van der Waals surface area contributed by atoms with E-state index in [2.05, 4.69) is 27.0 Å². The number of unbranched alkanes of at least 4 members (excludes halogenated alkanes) is 2. The van der Waals surface area contributed by atoms with E-state index in [-0.39, 0.29) is 50.7 Å². The molecule has 4 N–H and O–H groups in total. The number of rotatable bonds is 19. The number of aliphatic hydroxyl groups excluding tert-OH is 1. The van der Waals surface area contributed by atoms with Gasteiger partial charge in [0.1, 0.15) is 47.9 Å². The summed E-state index contributed by atoms with van der Waals surface area (Å²) in [6, 6.07) is 19.5. The largest absolute Gasteiger partial charge is 0.494 e. The molecular weight excluding hydrogens is 982 g/mol. The quantitative estimate of drug-likeness (QED) is 0.0652. The number of aryl methyl sites for hydroxylation is 1. The van der Waals surface area contributed by atoms with Crippen molar-refractivity contribution < 1.29 is 43.3 Å². The fraction of sp³-hybridized carbons (Fsp3) is 0.518. The van der Waals surface area contributed by atoms with E-state index in [0.29, 0.717) is 53.5 Å². The van der Waals surface area contributed by atoms with Crippen LogP contribution in [0, 0.1) is 34.5 Å². The minimum atomic E-state index is -1.09. The molecular formula is C56H72ClN7O9S. The van der Waals surface area contributed by atoms with Crippen molar-refractivity contribution in [2.24, 2.45) is 16.2 Å². The standard InChI is InChI=1S/C56H72ClN7O9S/c1-34-45(74-33-60-34)36-17-15-35(16-18-36)30-59-48(68)43-27-39(65)31-64(43)49(69)46(53(2,3)4)61-44(66)32-63(52(70)73-54(5,6)7)25-13-12-14-26-71-40-22-19-37(20-23-40)47(67)62-50-55(8,9)51(56(50,10)11)72-41-24-21-38(29-58)42(57)28-41/h15-24,28,33,39,43,46,50-51,65H,12-14,25-27,30-32H2,1-11H3,(H,59,68)(H,61,66)(H,62,67)/t39-,43?,46-,50?,51?/m1/s1. The van der Waals surface area contributed by atoms with Gasteiger partial charge in [0.25, 0.3) is 5.91 Å². The number of benzene rings is 3. The first-order valence-corrected chi connectivity index (χ1v) is 26.4. The number of nitrogens with one attached hydrogen (secondary N) is 3. The van der Waals surface area contributed by atoms with Crippen LogP contribution in [0.2, 0.25) is 5.02 Å². The van der Waals surface area contributed by atoms with Crippen LogP contribution in [0.4, 0.5) is 4.79 Å². The molecule has 4 aromatic rings. The van der Waals surface area contributed by atoms with Gasteiger partial charge in [0.15, 0.2) is 0 Å². The highest BCUT2D eigenvalue weighted by molar-refractivity contribution is 7.13. The number of aromatic nitrogens is 1. The van der Waals surface area contributed by atoms with Crippen LogP contribution in [0.3, 0.4) is 0 Å². The van der Waals surface area contributed by atoms with Crippen LogP contribution in [-0.4, -0.2) is 112 Å². The average Bonchev–Trinajstić information content (AvgIpc) is 3.95. The van der Waals surface area contributed by atoms with Crippen LogP contribution in [0.25, 0.3) is 10.4 Å². The number of nitrogens with zero attached hydrogens (tertiary/aromatic N) is 4. The average molecular weight is 1050 g/mol. The molecule has 16 nitrogen and oxygen atoms in total. The van der Waals surface area contributed by atoms with Crippen LogP contribution in [0.15, 0.2) is 72.2 Å². The number of thiazole rings is 1. The van der Waals surface area contributed by atoms with Crippen molar-refractivity contribution in [1.29, 1.82) is 5.26 Å². The summed E-state index contributed by atoms with van der Waals surface area (Å²) in [5, 5.41) is 29.3. The number of hydrogen-bond acceptors (Lipinski definition) is 12. The van der Waals surface area contributed by atoms with E-state index >= 15 is 0 Å². The summed E-state index contributed by atoms with van der Waals surface area (Å²) in [5.74, 6) is -0.570. The van der Waals surface area contributed by atoms with Gasteiger partial charge in [-0.05, 0) is 99.9 Å². The van der Waals surface area contributed by atoms with Gasteiger partial charge in [-0.2, -0.15) is 5.26 Å². The number of halogens is 1. The highest BCUT2D eigenvalue weighted by Gasteiger charge is 2.64. The van der Waals surface area contributed by atoms with E-state index < -0.39 is 63.8 Å². The number of nitriles is 1. The van der Waals surface area contributed by atoms with E-state index in [9.17, 15) is 34.3 Å². The van der Waals surface area contributed by atoms with E-state index in [1.165, 1.54) is 9.80 Å². The molecule has 1 unspecified atom stereocenters. The fourth-order valence-electron chi connectivity index (χ4n) is 10.0. The zero-order chi connectivity index (χ0) is 54.3. The molecule has 18 heteroatoms. The van der Waals surface area contributed by atoms with Gasteiger partial charge in [-0.1, -0.05) is 84.3 Å². The van der Waals surface area contributed by atoms with E-state index in [4.69, 9.17) is 25.8 Å². The molecule has 2 fully saturated rings. The summed E-state index contributed by atoms with van der Waals surface area (Å²) >= 11 is 7.81. The van der Waals surface area contributed by atoms with Crippen LogP contribution in [-0.2, 0) is 25.7 Å². The van der Waals surface area contributed by atoms with Crippen LogP contribution in [0.1, 0.15) is 122 Å². The Morgan fingerprint density at radius 1 is 0.946 bits per heavy atom. The number of amides is 5. The maximum absolute atomic E-state index is 14.3. The third-order valence-corrected chi connectivity index (χ3v) is 14.9. The van der Waals surface area contributed by atoms with Gasteiger partial charge in [0.05, 0.1) is 39.4 Å². The second-order valence-electron chi connectivity index (χ2n) is 22.6. The van der Waals surface area contributed by atoms with Gasteiger partial charge in [0, 0.05) is 54.6 Å². The maximum Gasteiger partial charge on any atom is 0.410 e. The van der Waals surface area contributed by atoms with Gasteiger partial charge >= 0.3 is 6.09 Å². The molecule has 1 saturated heterocycles. The van der Waals surface area contributed by atoms with Gasteiger partial charge in [0.2, 0.25) is 17.7 Å². The molecule has 0 bridgehead atoms. The number of carbonyl (C=O) groups is 5. The number of carbonyl (C=O) groups excluding carboxylic acids is 5. The highest BCUT2D eigenvalue weighted by Crippen LogP contribution is 2.55. The van der Waals surface area contributed by atoms with Crippen molar-refractivity contribution in [3.63, 3.8) is 0 Å². The number of ether oxygens (including phenoxy) is 3. The minimum Gasteiger partial charge on any atom is -0.494 e. The van der Waals surface area contributed by atoms with Gasteiger partial charge in [-0.3, -0.25) is 24.1 Å². The zero-order valence-electron chi connectivity index (χ0n) is 44.5. The van der Waals surface area contributed by atoms with E-state index in [0.717, 1.165) is 21.7 Å². The maximum atomic E-state index is 14.3. The second-order valence-corrected chi connectivity index (χ2v) is 23.8. The molecule has 0 radical (unpaired) electrons.